The second kappa shape index (κ2) is 5.59. The molecule has 1 saturated carbocycles. The number of imidazole rings is 1. The van der Waals surface area contributed by atoms with E-state index in [1.165, 1.54) is 18.9 Å². The van der Waals surface area contributed by atoms with E-state index in [0.29, 0.717) is 24.1 Å². The number of anilines is 1. The quantitative estimate of drug-likeness (QED) is 0.573. The van der Waals surface area contributed by atoms with Gasteiger partial charge in [0, 0.05) is 12.1 Å². The van der Waals surface area contributed by atoms with E-state index in [9.17, 15) is 10.1 Å². The Labute approximate surface area is 138 Å². The molecule has 0 bridgehead atoms. The van der Waals surface area contributed by atoms with Gasteiger partial charge in [0.05, 0.1) is 22.5 Å². The summed E-state index contributed by atoms with van der Waals surface area (Å²) in [7, 11) is 0. The van der Waals surface area contributed by atoms with Gasteiger partial charge >= 0.3 is 0 Å². The van der Waals surface area contributed by atoms with Crippen molar-refractivity contribution in [2.24, 2.45) is 0 Å². The van der Waals surface area contributed by atoms with E-state index in [1.54, 1.807) is 13.0 Å². The number of rotatable bonds is 5. The van der Waals surface area contributed by atoms with Crippen molar-refractivity contribution in [3.63, 3.8) is 0 Å². The van der Waals surface area contributed by atoms with Gasteiger partial charge in [-0.2, -0.15) is 0 Å². The topological polar surface area (TPSA) is 85.9 Å². The Morgan fingerprint density at radius 2 is 2.04 bits per heavy atom. The Balaban J connectivity index is 1.60. The maximum atomic E-state index is 10.9. The highest BCUT2D eigenvalue weighted by atomic mass is 16.6. The van der Waals surface area contributed by atoms with Gasteiger partial charge in [-0.15, -0.1) is 0 Å². The lowest BCUT2D eigenvalue weighted by Gasteiger charge is -2.09. The Kier molecular flexibility index (Phi) is 3.41. The zero-order valence-electron chi connectivity index (χ0n) is 13.3. The fourth-order valence-electron chi connectivity index (χ4n) is 2.97. The molecule has 0 saturated heterocycles. The number of nitro groups is 1. The number of nitrogens with zero attached hydrogens (tertiary/aromatic N) is 4. The van der Waals surface area contributed by atoms with E-state index < -0.39 is 4.92 Å². The second-order valence-electron chi connectivity index (χ2n) is 6.03. The molecule has 1 aliphatic carbocycles. The lowest BCUT2D eigenvalue weighted by atomic mass is 10.3. The predicted octanol–water partition coefficient (Wildman–Crippen LogP) is 3.59. The number of fused-ring (bicyclic) bond motifs is 1. The molecular formula is C17H17N5O2. The largest absolute Gasteiger partial charge is 0.363 e. The van der Waals surface area contributed by atoms with Gasteiger partial charge in [-0.25, -0.2) is 9.97 Å². The van der Waals surface area contributed by atoms with E-state index in [4.69, 9.17) is 4.98 Å². The van der Waals surface area contributed by atoms with E-state index in [1.807, 2.05) is 18.2 Å². The summed E-state index contributed by atoms with van der Waals surface area (Å²) in [5, 5.41) is 14.1. The van der Waals surface area contributed by atoms with Crippen LogP contribution in [-0.4, -0.2) is 19.5 Å². The molecule has 2 aromatic heterocycles. The van der Waals surface area contributed by atoms with Crippen LogP contribution in [0.3, 0.4) is 0 Å². The smallest absolute Gasteiger partial charge is 0.290 e. The molecule has 0 spiro atoms. The van der Waals surface area contributed by atoms with Gasteiger partial charge in [0.1, 0.15) is 17.3 Å². The highest BCUT2D eigenvalue weighted by molar-refractivity contribution is 5.76. The normalized spacial score (nSPS) is 14.0. The molecule has 0 radical (unpaired) electrons. The Morgan fingerprint density at radius 3 is 2.75 bits per heavy atom. The van der Waals surface area contributed by atoms with Crippen molar-refractivity contribution in [1.29, 1.82) is 0 Å². The third kappa shape index (κ3) is 2.58. The number of aromatic nitrogens is 3. The summed E-state index contributed by atoms with van der Waals surface area (Å²) in [6.45, 7) is 2.18. The van der Waals surface area contributed by atoms with Crippen LogP contribution in [0.1, 0.15) is 30.4 Å². The molecule has 3 aromatic rings. The van der Waals surface area contributed by atoms with E-state index >= 15 is 0 Å². The second-order valence-corrected chi connectivity index (χ2v) is 6.03. The monoisotopic (exact) mass is 323 g/mol. The predicted molar refractivity (Wildman–Crippen MR) is 91.0 cm³/mol. The van der Waals surface area contributed by atoms with Crippen molar-refractivity contribution in [3.05, 3.63) is 58.0 Å². The summed E-state index contributed by atoms with van der Waals surface area (Å²) in [6, 6.07) is 11.8. The first-order valence-corrected chi connectivity index (χ1v) is 7.95. The highest BCUT2D eigenvalue weighted by Crippen LogP contribution is 2.38. The first kappa shape index (κ1) is 14.6. The molecule has 7 heteroatoms. The van der Waals surface area contributed by atoms with Crippen LogP contribution in [-0.2, 0) is 6.54 Å². The van der Waals surface area contributed by atoms with Crippen LogP contribution >= 0.6 is 0 Å². The lowest BCUT2D eigenvalue weighted by molar-refractivity contribution is -0.385. The summed E-state index contributed by atoms with van der Waals surface area (Å²) in [5.74, 6) is 1.59. The maximum Gasteiger partial charge on any atom is 0.290 e. The van der Waals surface area contributed by atoms with Crippen molar-refractivity contribution in [3.8, 4) is 0 Å². The Bertz CT molecular complexity index is 930. The van der Waals surface area contributed by atoms with E-state index in [2.05, 4.69) is 20.9 Å². The van der Waals surface area contributed by atoms with E-state index in [0.717, 1.165) is 16.9 Å². The SMILES string of the molecule is Cc1nc(NCc2nc3ccccc3n2C2CC2)ccc1[N+](=O)[O-]. The molecule has 0 atom stereocenters. The number of para-hydroxylation sites is 2. The van der Waals surface area contributed by atoms with Crippen molar-refractivity contribution in [2.75, 3.05) is 5.32 Å². The average molecular weight is 323 g/mol. The molecule has 7 nitrogen and oxygen atoms in total. The van der Waals surface area contributed by atoms with Gasteiger partial charge in [-0.05, 0) is 38.0 Å². The minimum absolute atomic E-state index is 0.0331. The zero-order valence-corrected chi connectivity index (χ0v) is 13.3. The molecule has 1 aliphatic rings. The summed E-state index contributed by atoms with van der Waals surface area (Å²) in [6.07, 6.45) is 2.37. The molecule has 1 N–H and O–H groups in total. The van der Waals surface area contributed by atoms with Gasteiger partial charge in [0.25, 0.3) is 5.69 Å². The molecule has 122 valence electrons. The molecule has 0 unspecified atom stereocenters. The molecule has 1 fully saturated rings. The number of benzene rings is 1. The molecule has 4 rings (SSSR count). The number of aryl methyl sites for hydroxylation is 1. The molecule has 0 amide bonds. The first-order valence-electron chi connectivity index (χ1n) is 7.95. The minimum atomic E-state index is -0.418. The maximum absolute atomic E-state index is 10.9. The molecule has 1 aromatic carbocycles. The fourth-order valence-corrected chi connectivity index (χ4v) is 2.97. The zero-order chi connectivity index (χ0) is 16.7. The van der Waals surface area contributed by atoms with Crippen molar-refractivity contribution < 1.29 is 4.92 Å². The molecule has 0 aliphatic heterocycles. The number of nitrogens with one attached hydrogen (secondary N) is 1. The Hall–Kier alpha value is -2.96. The van der Waals surface area contributed by atoms with Crippen LogP contribution in [0.5, 0.6) is 0 Å². The third-order valence-electron chi connectivity index (χ3n) is 4.26. The average Bonchev–Trinajstić information content (AvgIpc) is 3.33. The molecule has 24 heavy (non-hydrogen) atoms. The summed E-state index contributed by atoms with van der Waals surface area (Å²) < 4.78 is 2.29. The third-order valence-corrected chi connectivity index (χ3v) is 4.26. The summed E-state index contributed by atoms with van der Waals surface area (Å²) >= 11 is 0. The van der Waals surface area contributed by atoms with Crippen LogP contribution in [0.15, 0.2) is 36.4 Å². The summed E-state index contributed by atoms with van der Waals surface area (Å²) in [4.78, 5) is 19.4. The fraction of sp³-hybridized carbons (Fsp3) is 0.294. The standard InChI is InChI=1S/C17H17N5O2/c1-11-14(22(23)24)8-9-16(19-11)18-10-17-20-13-4-2-3-5-15(13)21(17)12-6-7-12/h2-5,8-9,12H,6-7,10H2,1H3,(H,18,19). The minimum Gasteiger partial charge on any atom is -0.363 e. The molecule has 2 heterocycles. The van der Waals surface area contributed by atoms with Crippen LogP contribution in [0.2, 0.25) is 0 Å². The number of hydrogen-bond acceptors (Lipinski definition) is 5. The number of pyridine rings is 1. The van der Waals surface area contributed by atoms with Gasteiger partial charge in [0.2, 0.25) is 0 Å². The Morgan fingerprint density at radius 1 is 1.25 bits per heavy atom. The van der Waals surface area contributed by atoms with Crippen molar-refractivity contribution >= 4 is 22.5 Å². The van der Waals surface area contributed by atoms with Gasteiger partial charge in [-0.1, -0.05) is 12.1 Å². The van der Waals surface area contributed by atoms with Crippen LogP contribution in [0.4, 0.5) is 11.5 Å². The van der Waals surface area contributed by atoms with E-state index in [-0.39, 0.29) is 5.69 Å². The van der Waals surface area contributed by atoms with Gasteiger partial charge < -0.3 is 9.88 Å². The van der Waals surface area contributed by atoms with Gasteiger partial charge in [0.15, 0.2) is 0 Å². The number of hydrogen-bond donors (Lipinski definition) is 1. The van der Waals surface area contributed by atoms with Crippen molar-refractivity contribution in [1.82, 2.24) is 14.5 Å². The highest BCUT2D eigenvalue weighted by Gasteiger charge is 2.27. The van der Waals surface area contributed by atoms with Crippen molar-refractivity contribution in [2.45, 2.75) is 32.4 Å². The first-order chi connectivity index (χ1) is 11.6. The lowest BCUT2D eigenvalue weighted by Crippen LogP contribution is -2.09. The van der Waals surface area contributed by atoms with Crippen LogP contribution < -0.4 is 5.32 Å². The van der Waals surface area contributed by atoms with Gasteiger partial charge in [-0.3, -0.25) is 10.1 Å². The molecular weight excluding hydrogens is 306 g/mol. The summed E-state index contributed by atoms with van der Waals surface area (Å²) in [5.41, 5.74) is 2.59. The van der Waals surface area contributed by atoms with Crippen LogP contribution in [0.25, 0.3) is 11.0 Å². The van der Waals surface area contributed by atoms with Crippen LogP contribution in [0, 0.1) is 17.0 Å².